The van der Waals surface area contributed by atoms with Crippen LogP contribution in [-0.2, 0) is 15.7 Å². The van der Waals surface area contributed by atoms with Crippen molar-refractivity contribution in [2.45, 2.75) is 10.8 Å². The molecule has 0 amide bonds. The van der Waals surface area contributed by atoms with Crippen molar-refractivity contribution in [3.63, 3.8) is 0 Å². The molecular weight excluding hydrogens is 281 g/mol. The van der Waals surface area contributed by atoms with Gasteiger partial charge in [0, 0.05) is 18.0 Å². The van der Waals surface area contributed by atoms with Crippen LogP contribution in [0.25, 0.3) is 5.82 Å². The molecule has 0 radical (unpaired) electrons. The Morgan fingerprint density at radius 2 is 2.22 bits per heavy atom. The molecule has 2 heterocycles. The van der Waals surface area contributed by atoms with Gasteiger partial charge in [-0.3, -0.25) is 0 Å². The minimum absolute atomic E-state index is 0.0000217. The Kier molecular flexibility index (Phi) is 3.36. The molecule has 0 aliphatic heterocycles. The first-order valence-corrected chi connectivity index (χ1v) is 7.30. The average Bonchev–Trinajstić information content (AvgIpc) is 2.78. The van der Waals surface area contributed by atoms with Crippen molar-refractivity contribution in [3.8, 4) is 5.82 Å². The molecule has 5 nitrogen and oxygen atoms in total. The van der Waals surface area contributed by atoms with Crippen LogP contribution < -0.4 is 0 Å². The lowest BCUT2D eigenvalue weighted by Crippen LogP contribution is -2.04. The van der Waals surface area contributed by atoms with Crippen LogP contribution in [0.1, 0.15) is 5.56 Å². The first-order valence-electron chi connectivity index (χ1n) is 4.88. The minimum Gasteiger partial charge on any atom is -0.235 e. The van der Waals surface area contributed by atoms with Gasteiger partial charge in [0.15, 0.2) is 21.5 Å². The van der Waals surface area contributed by atoms with Gasteiger partial charge in [-0.1, -0.05) is 0 Å². The number of hydrogen-bond acceptors (Lipinski definition) is 4. The third-order valence-corrected chi connectivity index (χ3v) is 3.65. The van der Waals surface area contributed by atoms with E-state index in [9.17, 15) is 12.8 Å². The van der Waals surface area contributed by atoms with Gasteiger partial charge in [0.1, 0.15) is 4.90 Å². The molecular formula is C10H9ClFN3O2S. The number of nitrogens with zero attached hydrogens (tertiary/aromatic N) is 3. The molecule has 0 atom stereocenters. The van der Waals surface area contributed by atoms with Gasteiger partial charge in [-0.15, -0.1) is 11.6 Å². The van der Waals surface area contributed by atoms with E-state index < -0.39 is 15.7 Å². The number of hydrogen-bond donors (Lipinski definition) is 0. The van der Waals surface area contributed by atoms with E-state index in [1.165, 1.54) is 18.5 Å². The van der Waals surface area contributed by atoms with Gasteiger partial charge in [-0.2, -0.15) is 5.10 Å². The summed E-state index contributed by atoms with van der Waals surface area (Å²) in [7, 11) is -3.38. The quantitative estimate of drug-likeness (QED) is 0.804. The highest BCUT2D eigenvalue weighted by atomic mass is 35.5. The van der Waals surface area contributed by atoms with Gasteiger partial charge in [0.2, 0.25) is 0 Å². The molecule has 2 aromatic heterocycles. The lowest BCUT2D eigenvalue weighted by Gasteiger charge is -2.04. The predicted octanol–water partition coefficient (Wildman–Crippen LogP) is 1.55. The van der Waals surface area contributed by atoms with Crippen molar-refractivity contribution in [1.82, 2.24) is 14.8 Å². The molecule has 0 bridgehead atoms. The summed E-state index contributed by atoms with van der Waals surface area (Å²) in [6, 6.07) is 1.45. The maximum Gasteiger partial charge on any atom is 0.190 e. The van der Waals surface area contributed by atoms with Gasteiger partial charge in [-0.25, -0.2) is 22.5 Å². The summed E-state index contributed by atoms with van der Waals surface area (Å²) in [5, 5.41) is 3.78. The fraction of sp³-hybridized carbons (Fsp3) is 0.200. The molecule has 0 aromatic carbocycles. The number of rotatable bonds is 3. The van der Waals surface area contributed by atoms with Gasteiger partial charge < -0.3 is 0 Å². The van der Waals surface area contributed by atoms with Crippen LogP contribution in [0, 0.1) is 5.82 Å². The molecule has 0 fully saturated rings. The Hall–Kier alpha value is -1.47. The fourth-order valence-corrected chi connectivity index (χ4v) is 2.08. The molecule has 2 aromatic rings. The zero-order valence-electron chi connectivity index (χ0n) is 9.34. The Morgan fingerprint density at radius 3 is 2.78 bits per heavy atom. The van der Waals surface area contributed by atoms with Crippen molar-refractivity contribution in [2.24, 2.45) is 0 Å². The molecule has 0 spiro atoms. The third kappa shape index (κ3) is 2.37. The summed E-state index contributed by atoms with van der Waals surface area (Å²) < 4.78 is 37.6. The van der Waals surface area contributed by atoms with E-state index in [1.54, 1.807) is 0 Å². The van der Waals surface area contributed by atoms with Crippen LogP contribution in [-0.4, -0.2) is 29.4 Å². The fourth-order valence-electron chi connectivity index (χ4n) is 1.35. The summed E-state index contributed by atoms with van der Waals surface area (Å²) in [5.41, 5.74) is 0.276. The van der Waals surface area contributed by atoms with Crippen molar-refractivity contribution < 1.29 is 12.8 Å². The maximum absolute atomic E-state index is 13.9. The third-order valence-electron chi connectivity index (χ3n) is 2.30. The number of alkyl halides is 1. The molecule has 2 rings (SSSR count). The summed E-state index contributed by atoms with van der Waals surface area (Å²) in [6.45, 7) is 0. The Balaban J connectivity index is 2.53. The van der Waals surface area contributed by atoms with Crippen LogP contribution in [0.5, 0.6) is 0 Å². The maximum atomic E-state index is 13.9. The molecule has 0 saturated carbocycles. The van der Waals surface area contributed by atoms with Crippen LogP contribution >= 0.6 is 11.6 Å². The summed E-state index contributed by atoms with van der Waals surface area (Å²) in [6.07, 6.45) is 4.79. The van der Waals surface area contributed by atoms with Gasteiger partial charge in [0.25, 0.3) is 0 Å². The van der Waals surface area contributed by atoms with E-state index >= 15 is 0 Å². The van der Waals surface area contributed by atoms with Crippen LogP contribution in [0.4, 0.5) is 4.39 Å². The van der Waals surface area contributed by atoms with E-state index in [0.29, 0.717) is 0 Å². The molecule has 0 aliphatic carbocycles. The summed E-state index contributed by atoms with van der Waals surface area (Å²) in [4.78, 5) is 3.82. The topological polar surface area (TPSA) is 64.8 Å². The molecule has 8 heteroatoms. The van der Waals surface area contributed by atoms with Crippen LogP contribution in [0.15, 0.2) is 29.6 Å². The molecule has 0 N–H and O–H groups in total. The predicted molar refractivity (Wildman–Crippen MR) is 64.0 cm³/mol. The van der Waals surface area contributed by atoms with Crippen molar-refractivity contribution in [2.75, 3.05) is 6.26 Å². The highest BCUT2D eigenvalue weighted by molar-refractivity contribution is 7.90. The molecule has 0 aliphatic rings. The summed E-state index contributed by atoms with van der Waals surface area (Å²) in [5.74, 6) is -0.694. The Morgan fingerprint density at radius 1 is 1.50 bits per heavy atom. The lowest BCUT2D eigenvalue weighted by molar-refractivity contribution is 0.589. The average molecular weight is 290 g/mol. The van der Waals surface area contributed by atoms with E-state index in [-0.39, 0.29) is 22.2 Å². The molecule has 0 unspecified atom stereocenters. The Bertz CT molecular complexity index is 684. The number of aromatic nitrogens is 3. The first kappa shape index (κ1) is 13.0. The largest absolute Gasteiger partial charge is 0.235 e. The van der Waals surface area contributed by atoms with E-state index in [4.69, 9.17) is 11.6 Å². The number of pyridine rings is 1. The van der Waals surface area contributed by atoms with E-state index in [0.717, 1.165) is 17.1 Å². The normalized spacial score (nSPS) is 11.7. The van der Waals surface area contributed by atoms with Gasteiger partial charge in [-0.05, 0) is 6.07 Å². The van der Waals surface area contributed by atoms with Crippen LogP contribution in [0.2, 0.25) is 0 Å². The van der Waals surface area contributed by atoms with Gasteiger partial charge >= 0.3 is 0 Å². The van der Waals surface area contributed by atoms with Crippen LogP contribution in [0.3, 0.4) is 0 Å². The first-order chi connectivity index (χ1) is 8.43. The standard InChI is InChI=1S/C10H9ClFN3O2S/c1-18(16,17)8-5-14-15(6-8)10-9(12)7(4-11)2-3-13-10/h2-3,5-6H,4H2,1H3. The van der Waals surface area contributed by atoms with Crippen molar-refractivity contribution in [1.29, 1.82) is 0 Å². The second-order valence-electron chi connectivity index (χ2n) is 3.63. The van der Waals surface area contributed by atoms with E-state index in [1.807, 2.05) is 0 Å². The summed E-state index contributed by atoms with van der Waals surface area (Å²) >= 11 is 5.58. The minimum atomic E-state index is -3.38. The highest BCUT2D eigenvalue weighted by Gasteiger charge is 2.15. The highest BCUT2D eigenvalue weighted by Crippen LogP contribution is 2.17. The molecule has 18 heavy (non-hydrogen) atoms. The second kappa shape index (κ2) is 4.66. The molecule has 96 valence electrons. The lowest BCUT2D eigenvalue weighted by atomic mass is 10.3. The zero-order chi connectivity index (χ0) is 13.3. The second-order valence-corrected chi connectivity index (χ2v) is 5.92. The SMILES string of the molecule is CS(=O)(=O)c1cnn(-c2nccc(CCl)c2F)c1. The Labute approximate surface area is 108 Å². The number of sulfone groups is 1. The smallest absolute Gasteiger partial charge is 0.190 e. The van der Waals surface area contributed by atoms with Gasteiger partial charge in [0.05, 0.1) is 18.3 Å². The monoisotopic (exact) mass is 289 g/mol. The van der Waals surface area contributed by atoms with Crippen molar-refractivity contribution in [3.05, 3.63) is 36.0 Å². The van der Waals surface area contributed by atoms with E-state index in [2.05, 4.69) is 10.1 Å². The number of halogens is 2. The molecule has 0 saturated heterocycles. The van der Waals surface area contributed by atoms with Crippen molar-refractivity contribution >= 4 is 21.4 Å². The zero-order valence-corrected chi connectivity index (χ0v) is 10.9.